The summed E-state index contributed by atoms with van der Waals surface area (Å²) in [6.45, 7) is 1.92. The van der Waals surface area contributed by atoms with Crippen LogP contribution in [0, 0.1) is 21.8 Å². The second-order valence-corrected chi connectivity index (χ2v) is 5.72. The first kappa shape index (κ1) is 13.1. The molecule has 1 aromatic heterocycles. The number of anilines is 1. The van der Waals surface area contributed by atoms with Gasteiger partial charge in [0.15, 0.2) is 0 Å². The number of hydrogen-bond donors (Lipinski definition) is 1. The van der Waals surface area contributed by atoms with Gasteiger partial charge in [0.2, 0.25) is 0 Å². The van der Waals surface area contributed by atoms with E-state index >= 15 is 0 Å². The highest BCUT2D eigenvalue weighted by Gasteiger charge is 2.04. The first-order valence-corrected chi connectivity index (χ1v) is 7.20. The molecule has 3 nitrogen and oxygen atoms in total. The van der Waals surface area contributed by atoms with Gasteiger partial charge in [-0.3, -0.25) is 0 Å². The molecule has 2 rings (SSSR count). The van der Waals surface area contributed by atoms with Gasteiger partial charge in [-0.2, -0.15) is 5.26 Å². The van der Waals surface area contributed by atoms with Crippen LogP contribution in [0.25, 0.3) is 5.57 Å². The fourth-order valence-electron chi connectivity index (χ4n) is 1.35. The monoisotopic (exact) mass is 367 g/mol. The van der Waals surface area contributed by atoms with Crippen molar-refractivity contribution in [2.24, 2.45) is 0 Å². The van der Waals surface area contributed by atoms with E-state index < -0.39 is 0 Å². The number of aryl methyl sites for hydroxylation is 1. The SMILES string of the molecule is Cc1csc(/C(C#N)=C/Nc2cccc(I)c2)n1. The Morgan fingerprint density at radius 2 is 2.39 bits per heavy atom. The zero-order valence-corrected chi connectivity index (χ0v) is 12.6. The molecule has 0 aliphatic carbocycles. The van der Waals surface area contributed by atoms with Crippen LogP contribution in [0.4, 0.5) is 5.69 Å². The second kappa shape index (κ2) is 5.98. The van der Waals surface area contributed by atoms with Crippen LogP contribution in [0.3, 0.4) is 0 Å². The smallest absolute Gasteiger partial charge is 0.135 e. The number of thiazole rings is 1. The molecular formula is C13H10IN3S. The first-order chi connectivity index (χ1) is 8.69. The highest BCUT2D eigenvalue weighted by Crippen LogP contribution is 2.19. The molecule has 1 N–H and O–H groups in total. The van der Waals surface area contributed by atoms with E-state index in [1.807, 2.05) is 36.6 Å². The number of benzene rings is 1. The van der Waals surface area contributed by atoms with Crippen molar-refractivity contribution in [1.82, 2.24) is 4.98 Å². The molecule has 90 valence electrons. The van der Waals surface area contributed by atoms with E-state index in [-0.39, 0.29) is 0 Å². The van der Waals surface area contributed by atoms with E-state index in [1.165, 1.54) is 11.3 Å². The largest absolute Gasteiger partial charge is 0.360 e. The Morgan fingerprint density at radius 3 is 3.00 bits per heavy atom. The zero-order chi connectivity index (χ0) is 13.0. The summed E-state index contributed by atoms with van der Waals surface area (Å²) >= 11 is 3.73. The van der Waals surface area contributed by atoms with E-state index in [0.29, 0.717) is 5.57 Å². The molecule has 0 amide bonds. The summed E-state index contributed by atoms with van der Waals surface area (Å²) in [6.07, 6.45) is 1.70. The third-order valence-electron chi connectivity index (χ3n) is 2.18. The Labute approximate surface area is 123 Å². The topological polar surface area (TPSA) is 48.7 Å². The number of nitriles is 1. The maximum absolute atomic E-state index is 9.13. The summed E-state index contributed by atoms with van der Waals surface area (Å²) in [5, 5.41) is 14.9. The number of hydrogen-bond acceptors (Lipinski definition) is 4. The molecule has 1 heterocycles. The van der Waals surface area contributed by atoms with Crippen LogP contribution in [0.2, 0.25) is 0 Å². The molecule has 0 bridgehead atoms. The van der Waals surface area contributed by atoms with Gasteiger partial charge >= 0.3 is 0 Å². The van der Waals surface area contributed by atoms with Gasteiger partial charge in [0.05, 0.1) is 0 Å². The molecule has 0 fully saturated rings. The number of allylic oxidation sites excluding steroid dienone is 1. The standard InChI is InChI=1S/C13H10IN3S/c1-9-8-18-13(17-9)10(6-15)7-16-12-4-2-3-11(14)5-12/h2-5,7-8,16H,1H3/b10-7+. The van der Waals surface area contributed by atoms with Gasteiger partial charge in [0.1, 0.15) is 16.6 Å². The molecule has 0 aliphatic heterocycles. The molecule has 5 heteroatoms. The van der Waals surface area contributed by atoms with Crippen molar-refractivity contribution in [3.63, 3.8) is 0 Å². The lowest BCUT2D eigenvalue weighted by atomic mass is 10.3. The minimum Gasteiger partial charge on any atom is -0.360 e. The van der Waals surface area contributed by atoms with Crippen molar-refractivity contribution in [3.8, 4) is 6.07 Å². The van der Waals surface area contributed by atoms with Crippen molar-refractivity contribution in [1.29, 1.82) is 5.26 Å². The van der Waals surface area contributed by atoms with Crippen molar-refractivity contribution < 1.29 is 0 Å². The number of rotatable bonds is 3. The van der Waals surface area contributed by atoms with Crippen molar-refractivity contribution >= 4 is 45.2 Å². The van der Waals surface area contributed by atoms with Gasteiger partial charge in [-0.05, 0) is 47.7 Å². The molecule has 0 atom stereocenters. The maximum atomic E-state index is 9.13. The van der Waals surface area contributed by atoms with Gasteiger partial charge < -0.3 is 5.32 Å². The minimum absolute atomic E-state index is 0.548. The van der Waals surface area contributed by atoms with E-state index in [0.717, 1.165) is 20.0 Å². The third-order valence-corrected chi connectivity index (χ3v) is 3.84. The molecule has 0 aliphatic rings. The Kier molecular flexibility index (Phi) is 4.33. The number of nitrogens with one attached hydrogen (secondary N) is 1. The number of aromatic nitrogens is 1. The Hall–Kier alpha value is -1.39. The Bertz CT molecular complexity index is 625. The summed E-state index contributed by atoms with van der Waals surface area (Å²) in [6, 6.07) is 10.1. The second-order valence-electron chi connectivity index (χ2n) is 3.62. The van der Waals surface area contributed by atoms with Gasteiger partial charge in [0, 0.05) is 26.5 Å². The van der Waals surface area contributed by atoms with Crippen LogP contribution in [-0.2, 0) is 0 Å². The van der Waals surface area contributed by atoms with Gasteiger partial charge in [-0.1, -0.05) is 6.07 Å². The minimum atomic E-state index is 0.548. The summed E-state index contributed by atoms with van der Waals surface area (Å²) in [5.74, 6) is 0. The van der Waals surface area contributed by atoms with Crippen LogP contribution in [0.15, 0.2) is 35.8 Å². The molecule has 18 heavy (non-hydrogen) atoms. The van der Waals surface area contributed by atoms with Crippen molar-refractivity contribution in [2.75, 3.05) is 5.32 Å². The lowest BCUT2D eigenvalue weighted by Gasteiger charge is -2.01. The van der Waals surface area contributed by atoms with Crippen LogP contribution in [0.5, 0.6) is 0 Å². The maximum Gasteiger partial charge on any atom is 0.135 e. The molecule has 0 radical (unpaired) electrons. The van der Waals surface area contributed by atoms with Gasteiger partial charge in [-0.15, -0.1) is 11.3 Å². The number of nitrogens with zero attached hydrogens (tertiary/aromatic N) is 2. The van der Waals surface area contributed by atoms with E-state index in [2.05, 4.69) is 39.0 Å². The molecule has 0 unspecified atom stereocenters. The Morgan fingerprint density at radius 1 is 1.56 bits per heavy atom. The normalized spacial score (nSPS) is 11.1. The Balaban J connectivity index is 2.19. The van der Waals surface area contributed by atoms with E-state index in [9.17, 15) is 0 Å². The third kappa shape index (κ3) is 3.31. The van der Waals surface area contributed by atoms with Crippen LogP contribution in [0.1, 0.15) is 10.7 Å². The molecule has 1 aromatic carbocycles. The fourth-order valence-corrected chi connectivity index (χ4v) is 2.66. The lowest BCUT2D eigenvalue weighted by Crippen LogP contribution is -1.91. The zero-order valence-electron chi connectivity index (χ0n) is 9.64. The molecule has 2 aromatic rings. The van der Waals surface area contributed by atoms with Crippen molar-refractivity contribution in [2.45, 2.75) is 6.92 Å². The summed E-state index contributed by atoms with van der Waals surface area (Å²) < 4.78 is 1.15. The summed E-state index contributed by atoms with van der Waals surface area (Å²) in [4.78, 5) is 4.30. The number of halogens is 1. The average molecular weight is 367 g/mol. The predicted molar refractivity (Wildman–Crippen MR) is 83.2 cm³/mol. The van der Waals surface area contributed by atoms with Crippen molar-refractivity contribution in [3.05, 3.63) is 50.1 Å². The molecule has 0 spiro atoms. The van der Waals surface area contributed by atoms with Crippen LogP contribution < -0.4 is 5.32 Å². The lowest BCUT2D eigenvalue weighted by molar-refractivity contribution is 1.24. The highest BCUT2D eigenvalue weighted by atomic mass is 127. The molecule has 0 saturated heterocycles. The van der Waals surface area contributed by atoms with Gasteiger partial charge in [-0.25, -0.2) is 4.98 Å². The molecule has 0 saturated carbocycles. The summed E-state index contributed by atoms with van der Waals surface area (Å²) in [5.41, 5.74) is 2.44. The fraction of sp³-hybridized carbons (Fsp3) is 0.0769. The first-order valence-electron chi connectivity index (χ1n) is 5.24. The molecular weight excluding hydrogens is 357 g/mol. The van der Waals surface area contributed by atoms with E-state index in [4.69, 9.17) is 5.26 Å². The van der Waals surface area contributed by atoms with Gasteiger partial charge in [0.25, 0.3) is 0 Å². The predicted octanol–water partition coefficient (Wildman–Crippen LogP) is 4.03. The van der Waals surface area contributed by atoms with Crippen LogP contribution in [-0.4, -0.2) is 4.98 Å². The summed E-state index contributed by atoms with van der Waals surface area (Å²) in [7, 11) is 0. The average Bonchev–Trinajstić information content (AvgIpc) is 2.77. The highest BCUT2D eigenvalue weighted by molar-refractivity contribution is 14.1. The van der Waals surface area contributed by atoms with Crippen LogP contribution >= 0.6 is 33.9 Å². The quantitative estimate of drug-likeness (QED) is 0.658. The van der Waals surface area contributed by atoms with E-state index in [1.54, 1.807) is 6.20 Å².